The predicted molar refractivity (Wildman–Crippen MR) is 134 cm³/mol. The van der Waals surface area contributed by atoms with Crippen molar-refractivity contribution < 1.29 is 19.1 Å². The first kappa shape index (κ1) is 22.8. The van der Waals surface area contributed by atoms with Crippen molar-refractivity contribution in [2.24, 2.45) is 5.92 Å². The van der Waals surface area contributed by atoms with E-state index in [4.69, 9.17) is 4.74 Å². The minimum Gasteiger partial charge on any atom is -0.496 e. The van der Waals surface area contributed by atoms with E-state index >= 15 is 0 Å². The number of aromatic amines is 1. The number of fused-ring (bicyclic) bond motifs is 1. The van der Waals surface area contributed by atoms with E-state index in [0.29, 0.717) is 46.2 Å². The second-order valence-corrected chi connectivity index (χ2v) is 9.41. The summed E-state index contributed by atoms with van der Waals surface area (Å²) < 4.78 is 5.51. The Balaban J connectivity index is 1.38. The Kier molecular flexibility index (Phi) is 6.33. The first-order chi connectivity index (χ1) is 17.0. The summed E-state index contributed by atoms with van der Waals surface area (Å²) >= 11 is 1.22. The van der Waals surface area contributed by atoms with Crippen LogP contribution in [-0.2, 0) is 11.2 Å². The van der Waals surface area contributed by atoms with Gasteiger partial charge in [-0.25, -0.2) is 4.98 Å². The number of anilines is 1. The average Bonchev–Trinajstić information content (AvgIpc) is 3.64. The van der Waals surface area contributed by atoms with Crippen LogP contribution in [0.3, 0.4) is 0 Å². The van der Waals surface area contributed by atoms with Crippen LogP contribution in [0.1, 0.15) is 32.8 Å². The molecule has 0 saturated carbocycles. The molecule has 2 aromatic heterocycles. The minimum atomic E-state index is -0.796. The Morgan fingerprint density at radius 2 is 2.06 bits per heavy atom. The largest absolute Gasteiger partial charge is 0.496 e. The van der Waals surface area contributed by atoms with E-state index in [1.165, 1.54) is 24.0 Å². The van der Waals surface area contributed by atoms with Crippen LogP contribution >= 0.6 is 11.3 Å². The SMILES string of the molecule is COc1cc2c[nH]c(C(=O)C(=O)Nc3nccs3)c2cc1C(=O)N1CCC(Cc2ccccc2)C1. The smallest absolute Gasteiger partial charge is 0.300 e. The molecule has 1 fully saturated rings. The Labute approximate surface area is 205 Å². The van der Waals surface area contributed by atoms with Crippen molar-refractivity contribution in [2.45, 2.75) is 12.8 Å². The molecule has 8 nitrogen and oxygen atoms in total. The summed E-state index contributed by atoms with van der Waals surface area (Å²) in [7, 11) is 1.51. The van der Waals surface area contributed by atoms with Gasteiger partial charge in [-0.05, 0) is 36.5 Å². The first-order valence-electron chi connectivity index (χ1n) is 11.3. The molecular weight excluding hydrogens is 464 g/mol. The van der Waals surface area contributed by atoms with Gasteiger partial charge >= 0.3 is 0 Å². The van der Waals surface area contributed by atoms with Gasteiger partial charge in [-0.15, -0.1) is 11.3 Å². The average molecular weight is 489 g/mol. The summed E-state index contributed by atoms with van der Waals surface area (Å²) in [5.74, 6) is -0.862. The molecule has 5 rings (SSSR count). The first-order valence-corrected chi connectivity index (χ1v) is 12.2. The number of hydrogen-bond donors (Lipinski definition) is 2. The van der Waals surface area contributed by atoms with E-state index in [2.05, 4.69) is 27.4 Å². The summed E-state index contributed by atoms with van der Waals surface area (Å²) in [5, 5.41) is 5.72. The molecule has 178 valence electrons. The highest BCUT2D eigenvalue weighted by molar-refractivity contribution is 7.13. The molecule has 1 atom stereocenters. The van der Waals surface area contributed by atoms with E-state index < -0.39 is 11.7 Å². The zero-order chi connectivity index (χ0) is 24.4. The molecule has 2 N–H and O–H groups in total. The predicted octanol–water partition coefficient (Wildman–Crippen LogP) is 4.16. The van der Waals surface area contributed by atoms with Crippen LogP contribution < -0.4 is 10.1 Å². The lowest BCUT2D eigenvalue weighted by Gasteiger charge is -2.18. The molecule has 0 aliphatic carbocycles. The van der Waals surface area contributed by atoms with Crippen LogP contribution in [0.25, 0.3) is 10.8 Å². The highest BCUT2D eigenvalue weighted by atomic mass is 32.1. The maximum Gasteiger partial charge on any atom is 0.300 e. The van der Waals surface area contributed by atoms with E-state index in [1.807, 2.05) is 23.1 Å². The molecule has 3 heterocycles. The number of carbonyl (C=O) groups is 3. The zero-order valence-electron chi connectivity index (χ0n) is 19.1. The van der Waals surface area contributed by atoms with Crippen LogP contribution in [0.4, 0.5) is 5.13 Å². The van der Waals surface area contributed by atoms with Gasteiger partial charge in [-0.2, -0.15) is 0 Å². The number of amides is 2. The third-order valence-electron chi connectivity index (χ3n) is 6.27. The maximum absolute atomic E-state index is 13.5. The molecule has 35 heavy (non-hydrogen) atoms. The van der Waals surface area contributed by atoms with Gasteiger partial charge in [0, 0.05) is 41.6 Å². The number of rotatable bonds is 7. The number of ether oxygens (including phenoxy) is 1. The third kappa shape index (κ3) is 4.67. The number of H-pyrrole nitrogens is 1. The molecular formula is C26H24N4O4S. The molecule has 4 aromatic rings. The van der Waals surface area contributed by atoms with Gasteiger partial charge in [0.05, 0.1) is 12.7 Å². The molecule has 1 saturated heterocycles. The lowest BCUT2D eigenvalue weighted by Crippen LogP contribution is -2.29. The summed E-state index contributed by atoms with van der Waals surface area (Å²) in [5.41, 5.74) is 1.75. The van der Waals surface area contributed by atoms with Gasteiger partial charge in [-0.3, -0.25) is 19.7 Å². The number of ketones is 1. The zero-order valence-corrected chi connectivity index (χ0v) is 19.9. The van der Waals surface area contributed by atoms with E-state index in [0.717, 1.165) is 12.8 Å². The molecule has 2 amide bonds. The standard InChI is InChI=1S/C26H24N4O4S/c1-34-21-12-18-14-28-22(23(31)24(32)29-26-27-8-10-35-26)19(18)13-20(21)25(33)30-9-7-17(15-30)11-16-5-3-2-4-6-16/h2-6,8,10,12-14,17,28H,7,9,11,15H2,1H3,(H,27,29,32). The van der Waals surface area contributed by atoms with Crippen LogP contribution in [0, 0.1) is 5.92 Å². The fraction of sp³-hybridized carbons (Fsp3) is 0.231. The number of aromatic nitrogens is 2. The number of hydrogen-bond acceptors (Lipinski definition) is 6. The lowest BCUT2D eigenvalue weighted by atomic mass is 9.99. The Bertz CT molecular complexity index is 1380. The number of likely N-dealkylation sites (tertiary alicyclic amines) is 1. The summed E-state index contributed by atoms with van der Waals surface area (Å²) in [4.78, 5) is 47.5. The molecule has 1 aliphatic rings. The van der Waals surface area contributed by atoms with Gasteiger partial charge in [0.25, 0.3) is 17.6 Å². The van der Waals surface area contributed by atoms with Crippen molar-refractivity contribution >= 4 is 44.8 Å². The number of Topliss-reactive ketones (excluding diaryl/α,β-unsaturated/α-hetero) is 1. The van der Waals surface area contributed by atoms with E-state index in [9.17, 15) is 14.4 Å². The lowest BCUT2D eigenvalue weighted by molar-refractivity contribution is -0.112. The third-order valence-corrected chi connectivity index (χ3v) is 6.96. The minimum absolute atomic E-state index is 0.120. The number of nitrogens with zero attached hydrogens (tertiary/aromatic N) is 2. The van der Waals surface area contributed by atoms with Gasteiger partial charge in [0.2, 0.25) is 0 Å². The van der Waals surface area contributed by atoms with Crippen molar-refractivity contribution in [2.75, 3.05) is 25.5 Å². The van der Waals surface area contributed by atoms with Gasteiger partial charge < -0.3 is 14.6 Å². The van der Waals surface area contributed by atoms with Crippen LogP contribution in [0.15, 0.2) is 60.2 Å². The normalized spacial score (nSPS) is 15.3. The highest BCUT2D eigenvalue weighted by Gasteiger charge is 2.30. The Morgan fingerprint density at radius 1 is 1.23 bits per heavy atom. The van der Waals surface area contributed by atoms with Gasteiger partial charge in [-0.1, -0.05) is 30.3 Å². The van der Waals surface area contributed by atoms with E-state index in [1.54, 1.807) is 29.9 Å². The van der Waals surface area contributed by atoms with Crippen molar-refractivity contribution in [3.8, 4) is 5.75 Å². The molecule has 1 unspecified atom stereocenters. The summed E-state index contributed by atoms with van der Waals surface area (Å²) in [6.07, 6.45) is 5.02. The number of benzene rings is 2. The number of carbonyl (C=O) groups excluding carboxylic acids is 3. The molecule has 1 aliphatic heterocycles. The monoisotopic (exact) mass is 488 g/mol. The quantitative estimate of drug-likeness (QED) is 0.300. The van der Waals surface area contributed by atoms with Crippen molar-refractivity contribution in [3.63, 3.8) is 0 Å². The number of nitrogens with one attached hydrogen (secondary N) is 2. The van der Waals surface area contributed by atoms with Gasteiger partial charge in [0.15, 0.2) is 5.13 Å². The van der Waals surface area contributed by atoms with Crippen molar-refractivity contribution in [1.82, 2.24) is 14.9 Å². The number of thiazole rings is 1. The fourth-order valence-corrected chi connectivity index (χ4v) is 5.06. The summed E-state index contributed by atoms with van der Waals surface area (Å²) in [6.45, 7) is 1.32. The van der Waals surface area contributed by atoms with Crippen molar-refractivity contribution in [3.05, 3.63) is 77.1 Å². The highest BCUT2D eigenvalue weighted by Crippen LogP contribution is 2.31. The van der Waals surface area contributed by atoms with Crippen LogP contribution in [0.5, 0.6) is 5.75 Å². The molecule has 9 heteroatoms. The topological polar surface area (TPSA) is 104 Å². The molecule has 0 radical (unpaired) electrons. The Hall–Kier alpha value is -3.98. The summed E-state index contributed by atoms with van der Waals surface area (Å²) in [6, 6.07) is 13.6. The molecule has 0 spiro atoms. The molecule has 2 aromatic carbocycles. The van der Waals surface area contributed by atoms with E-state index in [-0.39, 0.29) is 11.6 Å². The van der Waals surface area contributed by atoms with Crippen LogP contribution in [-0.4, -0.2) is 52.7 Å². The van der Waals surface area contributed by atoms with Crippen LogP contribution in [0.2, 0.25) is 0 Å². The second-order valence-electron chi connectivity index (χ2n) is 8.52. The fourth-order valence-electron chi connectivity index (χ4n) is 4.54. The Morgan fingerprint density at radius 3 is 2.80 bits per heavy atom. The van der Waals surface area contributed by atoms with Crippen molar-refractivity contribution in [1.29, 1.82) is 0 Å². The van der Waals surface area contributed by atoms with Gasteiger partial charge in [0.1, 0.15) is 11.4 Å². The second kappa shape index (κ2) is 9.71. The maximum atomic E-state index is 13.5. The number of methoxy groups -OCH3 is 1. The molecule has 0 bridgehead atoms.